The number of para-hydroxylation sites is 1. The van der Waals surface area contributed by atoms with Crippen LogP contribution in [-0.2, 0) is 6.42 Å². The van der Waals surface area contributed by atoms with Gasteiger partial charge in [0.15, 0.2) is 0 Å². The van der Waals surface area contributed by atoms with Crippen LogP contribution in [0.25, 0.3) is 0 Å². The number of carbonyl (C=O) groups is 1. The van der Waals surface area contributed by atoms with Crippen molar-refractivity contribution in [3.05, 3.63) is 53.7 Å². The average molecular weight is 253 g/mol. The molecule has 1 aliphatic rings. The van der Waals surface area contributed by atoms with Crippen LogP contribution in [-0.4, -0.2) is 24.5 Å². The first kappa shape index (κ1) is 11.7. The average Bonchev–Trinajstić information content (AvgIpc) is 2.90. The Labute approximate surface area is 112 Å². The van der Waals surface area contributed by atoms with E-state index in [4.69, 9.17) is 0 Å². The third-order valence-electron chi connectivity index (χ3n) is 3.40. The maximum atomic E-state index is 12.5. The maximum Gasteiger partial charge on any atom is 0.258 e. The number of pyridine rings is 1. The van der Waals surface area contributed by atoms with Crippen molar-refractivity contribution in [1.82, 2.24) is 4.98 Å². The number of nitrogens with one attached hydrogen (secondary N) is 1. The highest BCUT2D eigenvalue weighted by Crippen LogP contribution is 2.28. The molecule has 1 N–H and O–H groups in total. The number of rotatable bonds is 2. The van der Waals surface area contributed by atoms with Gasteiger partial charge in [-0.05, 0) is 30.2 Å². The monoisotopic (exact) mass is 253 g/mol. The lowest BCUT2D eigenvalue weighted by Crippen LogP contribution is -2.28. The van der Waals surface area contributed by atoms with E-state index in [1.807, 2.05) is 23.1 Å². The third-order valence-corrected chi connectivity index (χ3v) is 3.40. The molecule has 1 aromatic heterocycles. The van der Waals surface area contributed by atoms with Crippen molar-refractivity contribution in [2.75, 3.05) is 23.8 Å². The Morgan fingerprint density at radius 2 is 2.16 bits per heavy atom. The van der Waals surface area contributed by atoms with Crippen molar-refractivity contribution in [3.8, 4) is 0 Å². The summed E-state index contributed by atoms with van der Waals surface area (Å²) in [6.07, 6.45) is 2.58. The van der Waals surface area contributed by atoms with Crippen molar-refractivity contribution in [3.63, 3.8) is 0 Å². The van der Waals surface area contributed by atoms with Crippen LogP contribution in [0.5, 0.6) is 0 Å². The summed E-state index contributed by atoms with van der Waals surface area (Å²) in [5.41, 5.74) is 2.92. The van der Waals surface area contributed by atoms with Crippen LogP contribution in [0.4, 0.5) is 11.5 Å². The molecular formula is C15H15N3O. The largest absolute Gasteiger partial charge is 0.373 e. The molecule has 0 unspecified atom stereocenters. The molecule has 0 aliphatic carbocycles. The number of hydrogen-bond acceptors (Lipinski definition) is 3. The van der Waals surface area contributed by atoms with Gasteiger partial charge < -0.3 is 10.2 Å². The van der Waals surface area contributed by atoms with Crippen LogP contribution in [0.1, 0.15) is 15.9 Å². The van der Waals surface area contributed by atoms with E-state index in [0.29, 0.717) is 11.4 Å². The van der Waals surface area contributed by atoms with E-state index in [9.17, 15) is 4.79 Å². The fraction of sp³-hybridized carbons (Fsp3) is 0.200. The Bertz CT molecular complexity index is 624. The molecule has 2 heterocycles. The molecule has 0 fully saturated rings. The van der Waals surface area contributed by atoms with Crippen LogP contribution in [0, 0.1) is 0 Å². The molecule has 2 aromatic rings. The molecule has 1 aromatic carbocycles. The van der Waals surface area contributed by atoms with Gasteiger partial charge in [-0.2, -0.15) is 0 Å². The first-order valence-electron chi connectivity index (χ1n) is 6.33. The molecule has 0 spiro atoms. The Hall–Kier alpha value is -2.36. The molecular weight excluding hydrogens is 238 g/mol. The number of aromatic nitrogens is 1. The SMILES string of the molecule is CNc1cc(C(=O)N2CCc3ccccc32)ccn1. The van der Waals surface area contributed by atoms with Crippen LogP contribution >= 0.6 is 0 Å². The third kappa shape index (κ3) is 2.05. The molecule has 4 heteroatoms. The van der Waals surface area contributed by atoms with Crippen molar-refractivity contribution in [1.29, 1.82) is 0 Å². The van der Waals surface area contributed by atoms with Gasteiger partial charge >= 0.3 is 0 Å². The smallest absolute Gasteiger partial charge is 0.258 e. The zero-order chi connectivity index (χ0) is 13.2. The molecule has 1 aliphatic heterocycles. The number of anilines is 2. The lowest BCUT2D eigenvalue weighted by Gasteiger charge is -2.17. The van der Waals surface area contributed by atoms with Gasteiger partial charge in [-0.15, -0.1) is 0 Å². The Balaban J connectivity index is 1.93. The summed E-state index contributed by atoms with van der Waals surface area (Å²) in [4.78, 5) is 18.5. The fourth-order valence-electron chi connectivity index (χ4n) is 2.41. The second kappa shape index (κ2) is 4.72. The van der Waals surface area contributed by atoms with E-state index in [0.717, 1.165) is 18.7 Å². The number of benzene rings is 1. The summed E-state index contributed by atoms with van der Waals surface area (Å²) >= 11 is 0. The van der Waals surface area contributed by atoms with Gasteiger partial charge in [-0.1, -0.05) is 18.2 Å². The van der Waals surface area contributed by atoms with E-state index in [-0.39, 0.29) is 5.91 Å². The normalized spacial score (nSPS) is 13.2. The number of carbonyl (C=O) groups excluding carboxylic acids is 1. The molecule has 0 bridgehead atoms. The predicted molar refractivity (Wildman–Crippen MR) is 75.6 cm³/mol. The molecule has 4 nitrogen and oxygen atoms in total. The van der Waals surface area contributed by atoms with Gasteiger partial charge in [0.05, 0.1) is 0 Å². The van der Waals surface area contributed by atoms with Gasteiger partial charge in [0, 0.05) is 31.0 Å². The van der Waals surface area contributed by atoms with E-state index < -0.39 is 0 Å². The zero-order valence-electron chi connectivity index (χ0n) is 10.8. The predicted octanol–water partition coefficient (Wildman–Crippen LogP) is 2.33. The number of nitrogens with zero attached hydrogens (tertiary/aromatic N) is 2. The van der Waals surface area contributed by atoms with Gasteiger partial charge in [-0.25, -0.2) is 4.98 Å². The summed E-state index contributed by atoms with van der Waals surface area (Å²) < 4.78 is 0. The van der Waals surface area contributed by atoms with Crippen molar-refractivity contribution < 1.29 is 4.79 Å². The molecule has 1 amide bonds. The minimum Gasteiger partial charge on any atom is -0.373 e. The summed E-state index contributed by atoms with van der Waals surface area (Å²) in [6, 6.07) is 11.6. The van der Waals surface area contributed by atoms with Crippen molar-refractivity contribution in [2.24, 2.45) is 0 Å². The van der Waals surface area contributed by atoms with Gasteiger partial charge in [0.1, 0.15) is 5.82 Å². The number of hydrogen-bond donors (Lipinski definition) is 1. The number of fused-ring (bicyclic) bond motifs is 1. The minimum atomic E-state index is 0.0313. The number of amides is 1. The van der Waals surface area contributed by atoms with Gasteiger partial charge in [0.25, 0.3) is 5.91 Å². The van der Waals surface area contributed by atoms with Crippen molar-refractivity contribution in [2.45, 2.75) is 6.42 Å². The topological polar surface area (TPSA) is 45.2 Å². The maximum absolute atomic E-state index is 12.5. The summed E-state index contributed by atoms with van der Waals surface area (Å²) in [5, 5.41) is 2.95. The van der Waals surface area contributed by atoms with Crippen LogP contribution in [0.3, 0.4) is 0 Å². The summed E-state index contributed by atoms with van der Waals surface area (Å²) in [7, 11) is 1.79. The molecule has 19 heavy (non-hydrogen) atoms. The summed E-state index contributed by atoms with van der Waals surface area (Å²) in [6.45, 7) is 0.745. The van der Waals surface area contributed by atoms with E-state index in [1.165, 1.54) is 5.56 Å². The highest BCUT2D eigenvalue weighted by molar-refractivity contribution is 6.07. The zero-order valence-corrected chi connectivity index (χ0v) is 10.8. The lowest BCUT2D eigenvalue weighted by molar-refractivity contribution is 0.0989. The summed E-state index contributed by atoms with van der Waals surface area (Å²) in [5.74, 6) is 0.738. The second-order valence-electron chi connectivity index (χ2n) is 4.52. The highest BCUT2D eigenvalue weighted by Gasteiger charge is 2.25. The van der Waals surface area contributed by atoms with Crippen LogP contribution in [0.15, 0.2) is 42.6 Å². The molecule has 96 valence electrons. The molecule has 0 saturated heterocycles. The Kier molecular flexibility index (Phi) is 2.91. The lowest BCUT2D eigenvalue weighted by atomic mass is 10.2. The fourth-order valence-corrected chi connectivity index (χ4v) is 2.41. The quantitative estimate of drug-likeness (QED) is 0.893. The van der Waals surface area contributed by atoms with E-state index >= 15 is 0 Å². The van der Waals surface area contributed by atoms with Crippen LogP contribution in [0.2, 0.25) is 0 Å². The van der Waals surface area contributed by atoms with Gasteiger partial charge in [-0.3, -0.25) is 4.79 Å². The minimum absolute atomic E-state index is 0.0313. The molecule has 0 saturated carbocycles. The second-order valence-corrected chi connectivity index (χ2v) is 4.52. The van der Waals surface area contributed by atoms with Gasteiger partial charge in [0.2, 0.25) is 0 Å². The van der Waals surface area contributed by atoms with Crippen LogP contribution < -0.4 is 10.2 Å². The Morgan fingerprint density at radius 3 is 3.00 bits per heavy atom. The first-order chi connectivity index (χ1) is 9.29. The molecule has 3 rings (SSSR count). The van der Waals surface area contributed by atoms with E-state index in [1.54, 1.807) is 25.4 Å². The highest BCUT2D eigenvalue weighted by atomic mass is 16.2. The molecule has 0 atom stereocenters. The Morgan fingerprint density at radius 1 is 1.32 bits per heavy atom. The van der Waals surface area contributed by atoms with Crippen molar-refractivity contribution >= 4 is 17.4 Å². The first-order valence-corrected chi connectivity index (χ1v) is 6.33. The molecule has 0 radical (unpaired) electrons. The van der Waals surface area contributed by atoms with E-state index in [2.05, 4.69) is 16.4 Å². The standard InChI is InChI=1S/C15H15N3O/c1-16-14-10-12(6-8-17-14)15(19)18-9-7-11-4-2-3-5-13(11)18/h2-6,8,10H,7,9H2,1H3,(H,16,17).